The number of carbonyl (C=O) groups is 4. The highest BCUT2D eigenvalue weighted by Gasteiger charge is 2.38. The first-order valence-electron chi connectivity index (χ1n) is 24.2. The van der Waals surface area contributed by atoms with Crippen LogP contribution in [0.15, 0.2) is 101 Å². The summed E-state index contributed by atoms with van der Waals surface area (Å²) in [6.07, 6.45) is 5.90. The van der Waals surface area contributed by atoms with Crippen LogP contribution in [0.4, 0.5) is 28.4 Å². The number of benzene rings is 5. The van der Waals surface area contributed by atoms with Crippen molar-refractivity contribution in [1.82, 2.24) is 0 Å². The van der Waals surface area contributed by atoms with Crippen LogP contribution in [-0.4, -0.2) is 86.4 Å². The number of fused-ring (bicyclic) bond motifs is 8. The molecule has 4 aliphatic heterocycles. The summed E-state index contributed by atoms with van der Waals surface area (Å²) in [4.78, 5) is 67.3. The maximum absolute atomic E-state index is 14.1. The number of rotatable bonds is 20. The van der Waals surface area contributed by atoms with Crippen LogP contribution in [0.3, 0.4) is 0 Å². The first-order chi connectivity index (χ1) is 35.1. The standard InChI is InChI=1S/C55H57N5O10S3/c1-7-47(61)51(73(65,66)68-6)17-19-71-72-55(3,4)18-16-52(62)58-38-22-34(31-69-48-27-43-41(20-33(48)2)53(63)59-39(29-56-43)24-36-12-8-10-14-45(36)59)21-35(23-38)32-70-50-28-44-42(26-49(50)67-5)54(64)60-40(30-57-44)25-37-13-9-11-15-46(37)60/h8-15,20-23,26-30,39-40,51H,7,16-19,24-25,31-32H2,1-6H3,(H,58,62)/t39-,40-,51?/m0/s1. The molecule has 1 unspecified atom stereocenters. The predicted molar refractivity (Wildman–Crippen MR) is 289 cm³/mol. The van der Waals surface area contributed by atoms with Crippen molar-refractivity contribution in [3.05, 3.63) is 130 Å². The molecule has 5 aromatic carbocycles. The number of Topliss-reactive ketones (excluding diaryl/α,β-unsaturated/α-hetero) is 1. The fourth-order valence-electron chi connectivity index (χ4n) is 9.56. The molecular weight excluding hydrogens is 987 g/mol. The lowest BCUT2D eigenvalue weighted by Gasteiger charge is -2.23. The van der Waals surface area contributed by atoms with Gasteiger partial charge in [0.05, 0.1) is 48.8 Å². The Morgan fingerprint density at radius 1 is 0.781 bits per heavy atom. The number of ether oxygens (including phenoxy) is 3. The van der Waals surface area contributed by atoms with E-state index in [9.17, 15) is 27.6 Å². The second-order valence-corrected chi connectivity index (χ2v) is 24.0. The lowest BCUT2D eigenvalue weighted by molar-refractivity contribution is -0.118. The van der Waals surface area contributed by atoms with Crippen molar-refractivity contribution in [1.29, 1.82) is 0 Å². The Hall–Kier alpha value is -6.47. The van der Waals surface area contributed by atoms with Crippen LogP contribution in [0, 0.1) is 6.92 Å². The van der Waals surface area contributed by atoms with Gasteiger partial charge >= 0.3 is 0 Å². The second kappa shape index (κ2) is 21.5. The Labute approximate surface area is 433 Å². The van der Waals surface area contributed by atoms with Gasteiger partial charge in [0.25, 0.3) is 21.9 Å². The summed E-state index contributed by atoms with van der Waals surface area (Å²) in [5, 5.41) is 1.86. The summed E-state index contributed by atoms with van der Waals surface area (Å²) in [6.45, 7) is 7.71. The number of aryl methyl sites for hydroxylation is 1. The summed E-state index contributed by atoms with van der Waals surface area (Å²) in [7, 11) is 1.58. The molecule has 5 aromatic rings. The number of nitrogens with one attached hydrogen (secondary N) is 1. The number of hydrogen-bond donors (Lipinski definition) is 1. The zero-order valence-electron chi connectivity index (χ0n) is 41.5. The maximum atomic E-state index is 14.1. The molecule has 9 rings (SSSR count). The number of carbonyl (C=O) groups excluding carboxylic acids is 4. The van der Waals surface area contributed by atoms with E-state index in [2.05, 4.69) is 9.50 Å². The lowest BCUT2D eigenvalue weighted by Crippen LogP contribution is -2.37. The van der Waals surface area contributed by atoms with Crippen molar-refractivity contribution in [2.75, 3.05) is 35.1 Å². The average molecular weight is 1040 g/mol. The first-order valence-corrected chi connectivity index (χ1v) is 27.9. The van der Waals surface area contributed by atoms with E-state index in [0.29, 0.717) is 76.0 Å². The normalized spacial score (nSPS) is 16.8. The van der Waals surface area contributed by atoms with Gasteiger partial charge in [-0.25, -0.2) is 0 Å². The van der Waals surface area contributed by atoms with Gasteiger partial charge in [-0.15, -0.1) is 0 Å². The number of nitrogens with zero attached hydrogens (tertiary/aromatic N) is 4. The molecule has 4 heterocycles. The van der Waals surface area contributed by atoms with Gasteiger partial charge in [0.2, 0.25) is 5.91 Å². The SMILES string of the molecule is CCC(=O)C(CCSSC(C)(C)CCC(=O)Nc1cc(COc2cc3c(cc2C)C(=O)N2c4ccccc4C[C@H]2C=N3)cc(COc2cc3c(cc2OC)C(=O)N2c4ccccc4C[C@H]2C=N3)c1)S(=O)(=O)OC. The quantitative estimate of drug-likeness (QED) is 0.0443. The summed E-state index contributed by atoms with van der Waals surface area (Å²) in [5.74, 6) is 0.807. The minimum Gasteiger partial charge on any atom is -0.493 e. The topological polar surface area (TPSA) is 183 Å². The minimum atomic E-state index is -4.00. The summed E-state index contributed by atoms with van der Waals surface area (Å²) in [5.41, 5.74) is 8.55. The Bertz CT molecular complexity index is 3180. The fraction of sp³-hybridized carbons (Fsp3) is 0.345. The van der Waals surface area contributed by atoms with Gasteiger partial charge in [0.1, 0.15) is 24.2 Å². The third kappa shape index (κ3) is 11.1. The third-order valence-electron chi connectivity index (χ3n) is 13.4. The number of amides is 3. The average Bonchev–Trinajstić information content (AvgIpc) is 3.87. The Morgan fingerprint density at radius 2 is 1.34 bits per heavy atom. The van der Waals surface area contributed by atoms with Crippen LogP contribution >= 0.6 is 21.6 Å². The van der Waals surface area contributed by atoms with E-state index in [-0.39, 0.29) is 72.8 Å². The molecule has 15 nitrogen and oxygen atoms in total. The molecule has 0 aliphatic carbocycles. The molecule has 3 amide bonds. The zero-order valence-corrected chi connectivity index (χ0v) is 44.0. The number of hydrogen-bond acceptors (Lipinski definition) is 14. The van der Waals surface area contributed by atoms with E-state index in [1.807, 2.05) is 105 Å². The van der Waals surface area contributed by atoms with E-state index in [1.54, 1.807) is 36.2 Å². The molecule has 0 radical (unpaired) electrons. The summed E-state index contributed by atoms with van der Waals surface area (Å²) >= 11 is 0. The summed E-state index contributed by atoms with van der Waals surface area (Å²) in [6, 6.07) is 28.0. The Morgan fingerprint density at radius 3 is 1.92 bits per heavy atom. The van der Waals surface area contributed by atoms with Crippen molar-refractivity contribution in [3.63, 3.8) is 0 Å². The fourth-order valence-corrected chi connectivity index (χ4v) is 13.5. The Balaban J connectivity index is 0.917. The minimum absolute atomic E-state index is 0.0540. The number of para-hydroxylation sites is 2. The van der Waals surface area contributed by atoms with Gasteiger partial charge in [0.15, 0.2) is 17.3 Å². The number of ketones is 1. The van der Waals surface area contributed by atoms with Crippen molar-refractivity contribution < 1.29 is 46.0 Å². The number of anilines is 3. The molecule has 3 atom stereocenters. The molecule has 0 saturated heterocycles. The van der Waals surface area contributed by atoms with Crippen molar-refractivity contribution in [2.24, 2.45) is 9.98 Å². The zero-order chi connectivity index (χ0) is 51.6. The summed E-state index contributed by atoms with van der Waals surface area (Å²) < 4.78 is 47.8. The van der Waals surface area contributed by atoms with Crippen molar-refractivity contribution in [3.8, 4) is 17.2 Å². The molecule has 0 saturated carbocycles. The number of aliphatic imine (C=N–C) groups is 2. The van der Waals surface area contributed by atoms with E-state index in [0.717, 1.165) is 40.7 Å². The molecule has 0 spiro atoms. The van der Waals surface area contributed by atoms with Crippen LogP contribution in [0.5, 0.6) is 17.2 Å². The number of methoxy groups -OCH3 is 1. The molecule has 0 bridgehead atoms. The van der Waals surface area contributed by atoms with Gasteiger partial charge < -0.3 is 19.5 Å². The van der Waals surface area contributed by atoms with Crippen LogP contribution in [0.1, 0.15) is 95.0 Å². The van der Waals surface area contributed by atoms with Crippen LogP contribution < -0.4 is 29.3 Å². The molecule has 18 heteroatoms. The molecule has 0 aromatic heterocycles. The van der Waals surface area contributed by atoms with Gasteiger partial charge in [-0.05, 0) is 104 Å². The van der Waals surface area contributed by atoms with E-state index in [4.69, 9.17) is 24.2 Å². The molecule has 380 valence electrons. The lowest BCUT2D eigenvalue weighted by atomic mass is 10.1. The maximum Gasteiger partial charge on any atom is 0.277 e. The van der Waals surface area contributed by atoms with E-state index < -0.39 is 15.4 Å². The Kier molecular flexibility index (Phi) is 15.2. The molecule has 4 aliphatic rings. The largest absolute Gasteiger partial charge is 0.493 e. The van der Waals surface area contributed by atoms with E-state index >= 15 is 0 Å². The highest BCUT2D eigenvalue weighted by atomic mass is 33.1. The van der Waals surface area contributed by atoms with E-state index in [1.165, 1.54) is 28.7 Å². The smallest absolute Gasteiger partial charge is 0.277 e. The monoisotopic (exact) mass is 1040 g/mol. The second-order valence-electron chi connectivity index (χ2n) is 18.9. The third-order valence-corrected chi connectivity index (χ3v) is 18.4. The van der Waals surface area contributed by atoms with Crippen molar-refractivity contribution >= 4 is 96.1 Å². The predicted octanol–water partition coefficient (Wildman–Crippen LogP) is 10.3. The molecular formula is C55H57N5O10S3. The highest BCUT2D eigenvalue weighted by Crippen LogP contribution is 2.43. The molecule has 73 heavy (non-hydrogen) atoms. The highest BCUT2D eigenvalue weighted by molar-refractivity contribution is 8.77. The van der Waals surface area contributed by atoms with Gasteiger partial charge in [-0.3, -0.25) is 43.1 Å². The van der Waals surface area contributed by atoms with Crippen LogP contribution in [0.25, 0.3) is 0 Å². The van der Waals surface area contributed by atoms with Gasteiger partial charge in [-0.1, -0.05) is 64.9 Å². The van der Waals surface area contributed by atoms with Gasteiger partial charge in [-0.2, -0.15) is 8.42 Å². The first kappa shape index (κ1) is 51.4. The van der Waals surface area contributed by atoms with Crippen LogP contribution in [0.2, 0.25) is 0 Å². The van der Waals surface area contributed by atoms with Crippen LogP contribution in [-0.2, 0) is 49.9 Å². The van der Waals surface area contributed by atoms with Crippen molar-refractivity contribution in [2.45, 2.75) is 102 Å². The molecule has 0 fully saturated rings. The van der Waals surface area contributed by atoms with Gasteiger partial charge in [0, 0.05) is 77.8 Å². The molecule has 1 N–H and O–H groups in total.